The van der Waals surface area contributed by atoms with Crippen molar-refractivity contribution in [3.05, 3.63) is 16.5 Å². The van der Waals surface area contributed by atoms with Crippen LogP contribution >= 0.6 is 15.9 Å². The van der Waals surface area contributed by atoms with Gasteiger partial charge in [-0.05, 0) is 22.9 Å². The van der Waals surface area contributed by atoms with E-state index >= 15 is 0 Å². The van der Waals surface area contributed by atoms with Crippen molar-refractivity contribution in [3.8, 4) is 0 Å². The predicted octanol–water partition coefficient (Wildman–Crippen LogP) is -0.264. The van der Waals surface area contributed by atoms with E-state index in [1.165, 1.54) is 4.68 Å². The lowest BCUT2D eigenvalue weighted by Gasteiger charge is -1.97. The van der Waals surface area contributed by atoms with E-state index in [9.17, 15) is 0 Å². The van der Waals surface area contributed by atoms with Crippen LogP contribution in [0.2, 0.25) is 0 Å². The molecule has 0 radical (unpaired) electrons. The van der Waals surface area contributed by atoms with Gasteiger partial charge in [-0.2, -0.15) is 0 Å². The van der Waals surface area contributed by atoms with Crippen molar-refractivity contribution in [1.29, 1.82) is 0 Å². The zero-order chi connectivity index (χ0) is 7.72. The third kappa shape index (κ3) is 1.18. The highest BCUT2D eigenvalue weighted by atomic mass is 79.9. The van der Waals surface area contributed by atoms with Crippen molar-refractivity contribution >= 4 is 21.7 Å². The summed E-state index contributed by atoms with van der Waals surface area (Å²) in [7, 11) is 0. The molecule has 0 amide bonds. The largest absolute Gasteiger partial charge is 0.317 e. The maximum absolute atomic E-state index is 5.51. The maximum atomic E-state index is 5.51. The first-order chi connectivity index (χ1) is 4.61. The van der Waals surface area contributed by atoms with Crippen molar-refractivity contribution in [1.82, 2.24) is 4.98 Å². The quantitative estimate of drug-likeness (QED) is 0.451. The molecule has 1 heterocycles. The number of aryl methyl sites for hydroxylation is 1. The molecule has 10 heavy (non-hydrogen) atoms. The minimum absolute atomic E-state index is 0.475. The number of aromatic nitrogens is 2. The van der Waals surface area contributed by atoms with Crippen molar-refractivity contribution < 1.29 is 4.68 Å². The number of nitrogen functional groups attached to an aromatic ring is 2. The van der Waals surface area contributed by atoms with E-state index in [1.54, 1.807) is 13.1 Å². The fourth-order valence-corrected chi connectivity index (χ4v) is 1.10. The van der Waals surface area contributed by atoms with Crippen molar-refractivity contribution in [2.75, 3.05) is 11.6 Å². The molecular weight excluding hydrogens is 196 g/mol. The first kappa shape index (κ1) is 7.27. The molecule has 1 rings (SSSR count). The summed E-state index contributed by atoms with van der Waals surface area (Å²) in [4.78, 5) is 4.02. The standard InChI is InChI=1S/C5H7BrN4/c1-3-5(7)10(8)2-4(6)9-3/h2,7H,8H2,1H3/p+1. The smallest absolute Gasteiger partial charge is 0.284 e. The van der Waals surface area contributed by atoms with E-state index in [0.717, 1.165) is 5.69 Å². The Morgan fingerprint density at radius 2 is 2.30 bits per heavy atom. The Bertz CT molecular complexity index is 237. The summed E-state index contributed by atoms with van der Waals surface area (Å²) in [5.41, 5.74) is 6.22. The topological polar surface area (TPSA) is 68.8 Å². The van der Waals surface area contributed by atoms with Gasteiger partial charge in [0.2, 0.25) is 0 Å². The van der Waals surface area contributed by atoms with E-state index in [1.807, 2.05) is 0 Å². The number of halogens is 1. The summed E-state index contributed by atoms with van der Waals surface area (Å²) < 4.78 is 2.01. The fourth-order valence-electron chi connectivity index (χ4n) is 0.618. The summed E-state index contributed by atoms with van der Waals surface area (Å²) >= 11 is 3.18. The zero-order valence-corrected chi connectivity index (χ0v) is 7.09. The first-order valence-electron chi connectivity index (χ1n) is 2.70. The van der Waals surface area contributed by atoms with Gasteiger partial charge in [0.05, 0.1) is 0 Å². The third-order valence-electron chi connectivity index (χ3n) is 1.17. The molecule has 0 unspecified atom stereocenters. The molecular formula is C5H8BrN4+. The maximum Gasteiger partial charge on any atom is 0.317 e. The molecule has 0 spiro atoms. The Morgan fingerprint density at radius 1 is 1.70 bits per heavy atom. The molecule has 1 aromatic heterocycles. The van der Waals surface area contributed by atoms with E-state index in [2.05, 4.69) is 20.9 Å². The van der Waals surface area contributed by atoms with Crippen LogP contribution in [0.4, 0.5) is 5.82 Å². The Labute approximate surface area is 67.0 Å². The second kappa shape index (κ2) is 2.42. The highest BCUT2D eigenvalue weighted by Crippen LogP contribution is 2.05. The van der Waals surface area contributed by atoms with Gasteiger partial charge in [0.25, 0.3) is 0 Å². The number of hydrogen-bond donors (Lipinski definition) is 2. The molecule has 0 bridgehead atoms. The van der Waals surface area contributed by atoms with Crippen LogP contribution in [0.25, 0.3) is 0 Å². The van der Waals surface area contributed by atoms with E-state index in [-0.39, 0.29) is 0 Å². The van der Waals surface area contributed by atoms with Gasteiger partial charge in [-0.25, -0.2) is 4.98 Å². The average molecular weight is 204 g/mol. The molecule has 0 aromatic carbocycles. The molecule has 0 atom stereocenters. The minimum Gasteiger partial charge on any atom is -0.284 e. The normalized spacial score (nSPS) is 9.80. The van der Waals surface area contributed by atoms with Gasteiger partial charge in [-0.3, -0.25) is 11.6 Å². The molecule has 54 valence electrons. The number of anilines is 1. The monoisotopic (exact) mass is 203 g/mol. The van der Waals surface area contributed by atoms with Crippen LogP contribution in [0, 0.1) is 6.92 Å². The lowest BCUT2D eigenvalue weighted by Crippen LogP contribution is -2.47. The highest BCUT2D eigenvalue weighted by molar-refractivity contribution is 9.10. The van der Waals surface area contributed by atoms with Crippen molar-refractivity contribution in [2.45, 2.75) is 6.92 Å². The second-order valence-electron chi connectivity index (χ2n) is 1.94. The van der Waals surface area contributed by atoms with Gasteiger partial charge in [0, 0.05) is 0 Å². The second-order valence-corrected chi connectivity index (χ2v) is 2.75. The first-order valence-corrected chi connectivity index (χ1v) is 3.50. The summed E-state index contributed by atoms with van der Waals surface area (Å²) in [6.07, 6.45) is 1.60. The van der Waals surface area contributed by atoms with E-state index in [0.29, 0.717) is 10.4 Å². The third-order valence-corrected chi connectivity index (χ3v) is 1.55. The SMILES string of the molecule is Cc1nc(Br)c[n+](N)c1N. The van der Waals surface area contributed by atoms with Crippen LogP contribution in [0.15, 0.2) is 10.8 Å². The van der Waals surface area contributed by atoms with Crippen molar-refractivity contribution in [3.63, 3.8) is 0 Å². The van der Waals surface area contributed by atoms with Crippen molar-refractivity contribution in [2.24, 2.45) is 0 Å². The van der Waals surface area contributed by atoms with Gasteiger partial charge in [0.1, 0.15) is 10.3 Å². The molecule has 4 nitrogen and oxygen atoms in total. The molecule has 0 fully saturated rings. The summed E-state index contributed by atoms with van der Waals surface area (Å²) in [5.74, 6) is 5.92. The molecule has 0 aliphatic carbocycles. The molecule has 0 aliphatic heterocycles. The fraction of sp³-hybridized carbons (Fsp3) is 0.200. The predicted molar refractivity (Wildman–Crippen MR) is 41.4 cm³/mol. The van der Waals surface area contributed by atoms with Crippen LogP contribution in [-0.4, -0.2) is 4.98 Å². The Kier molecular flexibility index (Phi) is 1.76. The zero-order valence-electron chi connectivity index (χ0n) is 5.50. The number of nitrogens with zero attached hydrogens (tertiary/aromatic N) is 2. The minimum atomic E-state index is 0.475. The van der Waals surface area contributed by atoms with E-state index < -0.39 is 0 Å². The van der Waals surface area contributed by atoms with Gasteiger partial charge in [-0.1, -0.05) is 0 Å². The molecule has 0 aliphatic rings. The van der Waals surface area contributed by atoms with Crippen LogP contribution in [0.1, 0.15) is 5.69 Å². The Balaban J connectivity index is 3.31. The Hall–Kier alpha value is -0.840. The summed E-state index contributed by atoms with van der Waals surface area (Å²) in [6.45, 7) is 1.80. The van der Waals surface area contributed by atoms with Gasteiger partial charge in [-0.15, -0.1) is 4.68 Å². The molecule has 0 saturated heterocycles. The van der Waals surface area contributed by atoms with Crippen LogP contribution < -0.4 is 16.3 Å². The van der Waals surface area contributed by atoms with Gasteiger partial charge < -0.3 is 0 Å². The van der Waals surface area contributed by atoms with E-state index in [4.69, 9.17) is 11.6 Å². The lowest BCUT2D eigenvalue weighted by molar-refractivity contribution is -0.625. The summed E-state index contributed by atoms with van der Waals surface area (Å²) in [5, 5.41) is 0. The molecule has 1 aromatic rings. The highest BCUT2D eigenvalue weighted by Gasteiger charge is 2.06. The van der Waals surface area contributed by atoms with Crippen LogP contribution in [0.5, 0.6) is 0 Å². The average Bonchev–Trinajstić information content (AvgIpc) is 1.82. The van der Waals surface area contributed by atoms with Crippen LogP contribution in [0.3, 0.4) is 0 Å². The Morgan fingerprint density at radius 3 is 2.80 bits per heavy atom. The molecule has 5 heteroatoms. The number of rotatable bonds is 0. The summed E-state index contributed by atoms with van der Waals surface area (Å²) in [6, 6.07) is 0. The molecule has 4 N–H and O–H groups in total. The lowest BCUT2D eigenvalue weighted by atomic mass is 10.5. The number of hydrogen-bond acceptors (Lipinski definition) is 3. The van der Waals surface area contributed by atoms with Crippen LogP contribution in [-0.2, 0) is 0 Å². The van der Waals surface area contributed by atoms with Gasteiger partial charge >= 0.3 is 5.82 Å². The molecule has 0 saturated carbocycles. The van der Waals surface area contributed by atoms with Gasteiger partial charge in [0.15, 0.2) is 6.20 Å². The number of nitrogens with two attached hydrogens (primary N) is 2.